The van der Waals surface area contributed by atoms with Crippen LogP contribution >= 0.6 is 22.7 Å². The quantitative estimate of drug-likeness (QED) is 0.802. The molecule has 1 fully saturated rings. The largest absolute Gasteiger partial charge is 0.481 e. The second-order valence-corrected chi connectivity index (χ2v) is 8.42. The molecule has 1 amide bonds. The van der Waals surface area contributed by atoms with E-state index in [-0.39, 0.29) is 17.7 Å². The maximum atomic E-state index is 12.6. The van der Waals surface area contributed by atoms with Gasteiger partial charge in [-0.1, -0.05) is 18.2 Å². The Hall–Kier alpha value is -1.92. The Balaban J connectivity index is 1.42. The highest BCUT2D eigenvalue weighted by Crippen LogP contribution is 2.48. The van der Waals surface area contributed by atoms with Crippen LogP contribution in [0.4, 0.5) is 0 Å². The summed E-state index contributed by atoms with van der Waals surface area (Å²) >= 11 is 3.36. The lowest BCUT2D eigenvalue weighted by molar-refractivity contribution is -0.147. The number of carbonyl (C=O) groups excluding carboxylic acids is 1. The first kappa shape index (κ1) is 15.6. The van der Waals surface area contributed by atoms with Crippen molar-refractivity contribution in [2.24, 2.45) is 23.7 Å². The molecule has 2 aliphatic rings. The Morgan fingerprint density at radius 1 is 1.12 bits per heavy atom. The number of allylic oxidation sites excluding steroid dienone is 2. The van der Waals surface area contributed by atoms with Gasteiger partial charge in [0.2, 0.25) is 5.91 Å². The van der Waals surface area contributed by atoms with Crippen LogP contribution < -0.4 is 5.32 Å². The average molecular weight is 359 g/mol. The summed E-state index contributed by atoms with van der Waals surface area (Å²) in [6, 6.07) is 8.20. The number of carboxylic acids is 1. The van der Waals surface area contributed by atoms with E-state index >= 15 is 0 Å². The van der Waals surface area contributed by atoms with Gasteiger partial charge in [0.1, 0.15) is 0 Å². The summed E-state index contributed by atoms with van der Waals surface area (Å²) in [5.74, 6) is -1.93. The molecular weight excluding hydrogens is 342 g/mol. The maximum absolute atomic E-state index is 12.6. The molecule has 2 aromatic rings. The number of fused-ring (bicyclic) bond motifs is 2. The summed E-state index contributed by atoms with van der Waals surface area (Å²) < 4.78 is 0. The number of thiophene rings is 2. The van der Waals surface area contributed by atoms with Crippen LogP contribution in [0.15, 0.2) is 41.8 Å². The predicted molar refractivity (Wildman–Crippen MR) is 94.8 cm³/mol. The molecule has 2 heterocycles. The van der Waals surface area contributed by atoms with Crippen molar-refractivity contribution in [1.29, 1.82) is 0 Å². The van der Waals surface area contributed by atoms with Crippen molar-refractivity contribution in [1.82, 2.24) is 5.32 Å². The standard InChI is InChI=1S/C18H17NO3S2/c20-17(15-10-3-4-11(8-10)16(15)18(21)22)19-9-12-5-6-14(24-12)13-2-1-7-23-13/h1-7,10-11,15-16H,8-9H2,(H,19,20)(H,21,22)/t10-,11-,15+,16-/m0/s1. The van der Waals surface area contributed by atoms with Crippen LogP contribution in [0, 0.1) is 23.7 Å². The molecule has 4 atom stereocenters. The summed E-state index contributed by atoms with van der Waals surface area (Å²) in [5, 5.41) is 14.4. The van der Waals surface area contributed by atoms with E-state index in [9.17, 15) is 14.7 Å². The van der Waals surface area contributed by atoms with Gasteiger partial charge in [-0.2, -0.15) is 0 Å². The summed E-state index contributed by atoms with van der Waals surface area (Å²) in [6.45, 7) is 0.457. The molecule has 0 radical (unpaired) electrons. The molecule has 4 rings (SSSR count). The number of carbonyl (C=O) groups is 2. The van der Waals surface area contributed by atoms with Crippen molar-refractivity contribution in [3.63, 3.8) is 0 Å². The minimum Gasteiger partial charge on any atom is -0.481 e. The summed E-state index contributed by atoms with van der Waals surface area (Å²) in [5.41, 5.74) is 0. The Morgan fingerprint density at radius 2 is 1.92 bits per heavy atom. The van der Waals surface area contributed by atoms with Gasteiger partial charge in [-0.25, -0.2) is 0 Å². The topological polar surface area (TPSA) is 66.4 Å². The highest BCUT2D eigenvalue weighted by atomic mass is 32.1. The Morgan fingerprint density at radius 3 is 2.62 bits per heavy atom. The second kappa shape index (κ2) is 6.18. The SMILES string of the molecule is O=C(O)[C@@H]1[C@H](C(=O)NCc2ccc(-c3cccs3)s2)[C@H]2C=C[C@H]1C2. The highest BCUT2D eigenvalue weighted by Gasteiger charge is 2.51. The first-order chi connectivity index (χ1) is 11.6. The second-order valence-electron chi connectivity index (χ2n) is 6.30. The van der Waals surface area contributed by atoms with Gasteiger partial charge >= 0.3 is 5.97 Å². The molecule has 6 heteroatoms. The van der Waals surface area contributed by atoms with Crippen molar-refractivity contribution in [3.05, 3.63) is 46.7 Å². The number of hydrogen-bond donors (Lipinski definition) is 2. The van der Waals surface area contributed by atoms with Crippen LogP contribution in [0.1, 0.15) is 11.3 Å². The van der Waals surface area contributed by atoms with Gasteiger partial charge in [0, 0.05) is 14.6 Å². The molecule has 2 N–H and O–H groups in total. The average Bonchev–Trinajstić information content (AvgIpc) is 3.35. The van der Waals surface area contributed by atoms with Crippen LogP contribution in [-0.4, -0.2) is 17.0 Å². The third-order valence-corrected chi connectivity index (χ3v) is 7.06. The van der Waals surface area contributed by atoms with Gasteiger partial charge in [0.05, 0.1) is 18.4 Å². The lowest BCUT2D eigenvalue weighted by Crippen LogP contribution is -2.39. The number of nitrogens with one attached hydrogen (secondary N) is 1. The molecule has 0 saturated heterocycles. The molecule has 24 heavy (non-hydrogen) atoms. The molecule has 2 aliphatic carbocycles. The first-order valence-electron chi connectivity index (χ1n) is 7.95. The molecule has 4 nitrogen and oxygen atoms in total. The van der Waals surface area contributed by atoms with Crippen LogP contribution in [-0.2, 0) is 16.1 Å². The number of hydrogen-bond acceptors (Lipinski definition) is 4. The third-order valence-electron chi connectivity index (χ3n) is 4.91. The highest BCUT2D eigenvalue weighted by molar-refractivity contribution is 7.21. The van der Waals surface area contributed by atoms with Gasteiger partial charge in [-0.15, -0.1) is 22.7 Å². The molecule has 0 aromatic carbocycles. The van der Waals surface area contributed by atoms with E-state index in [0.717, 1.165) is 11.3 Å². The molecule has 0 spiro atoms. The Kier molecular flexibility index (Phi) is 4.02. The fourth-order valence-electron chi connectivity index (χ4n) is 3.83. The van der Waals surface area contributed by atoms with Crippen molar-refractivity contribution in [2.45, 2.75) is 13.0 Å². The van der Waals surface area contributed by atoms with E-state index in [1.165, 1.54) is 9.75 Å². The van der Waals surface area contributed by atoms with Crippen molar-refractivity contribution < 1.29 is 14.7 Å². The van der Waals surface area contributed by atoms with Gasteiger partial charge in [0.25, 0.3) is 0 Å². The van der Waals surface area contributed by atoms with Crippen molar-refractivity contribution in [3.8, 4) is 9.75 Å². The van der Waals surface area contributed by atoms with Crippen LogP contribution in [0.2, 0.25) is 0 Å². The molecule has 2 aromatic heterocycles. The number of aliphatic carboxylic acids is 1. The van der Waals surface area contributed by atoms with Crippen molar-refractivity contribution in [2.75, 3.05) is 0 Å². The monoisotopic (exact) mass is 359 g/mol. The molecular formula is C18H17NO3S2. The summed E-state index contributed by atoms with van der Waals surface area (Å²) in [7, 11) is 0. The third kappa shape index (κ3) is 2.70. The fraction of sp³-hybridized carbons (Fsp3) is 0.333. The molecule has 0 unspecified atom stereocenters. The van der Waals surface area contributed by atoms with E-state index in [0.29, 0.717) is 6.54 Å². The number of carboxylic acid groups (broad SMARTS) is 1. The van der Waals surface area contributed by atoms with E-state index in [4.69, 9.17) is 0 Å². The normalized spacial score (nSPS) is 27.5. The molecule has 124 valence electrons. The Bertz CT molecular complexity index is 793. The van der Waals surface area contributed by atoms with Gasteiger partial charge in [-0.05, 0) is 41.8 Å². The van der Waals surface area contributed by atoms with Crippen molar-refractivity contribution >= 4 is 34.6 Å². The van der Waals surface area contributed by atoms with E-state index in [1.54, 1.807) is 22.7 Å². The molecule has 2 bridgehead atoms. The molecule has 1 saturated carbocycles. The smallest absolute Gasteiger partial charge is 0.307 e. The maximum Gasteiger partial charge on any atom is 0.307 e. The zero-order valence-electron chi connectivity index (χ0n) is 12.8. The number of rotatable bonds is 5. The predicted octanol–water partition coefficient (Wildman–Crippen LogP) is 3.62. The zero-order valence-corrected chi connectivity index (χ0v) is 14.5. The lowest BCUT2D eigenvalue weighted by Gasteiger charge is -2.23. The number of amides is 1. The van der Waals surface area contributed by atoms with Crippen LogP contribution in [0.5, 0.6) is 0 Å². The summed E-state index contributed by atoms with van der Waals surface area (Å²) in [4.78, 5) is 27.6. The van der Waals surface area contributed by atoms with Crippen LogP contribution in [0.25, 0.3) is 9.75 Å². The van der Waals surface area contributed by atoms with E-state index < -0.39 is 17.8 Å². The first-order valence-corrected chi connectivity index (χ1v) is 9.64. The Labute approximate surface area is 147 Å². The fourth-order valence-corrected chi connectivity index (χ4v) is 5.61. The van der Waals surface area contributed by atoms with Gasteiger partial charge in [0.15, 0.2) is 0 Å². The van der Waals surface area contributed by atoms with E-state index in [1.807, 2.05) is 29.7 Å². The van der Waals surface area contributed by atoms with E-state index in [2.05, 4.69) is 17.4 Å². The lowest BCUT2D eigenvalue weighted by atomic mass is 9.82. The van der Waals surface area contributed by atoms with Gasteiger partial charge < -0.3 is 10.4 Å². The van der Waals surface area contributed by atoms with Gasteiger partial charge in [-0.3, -0.25) is 9.59 Å². The van der Waals surface area contributed by atoms with Crippen LogP contribution in [0.3, 0.4) is 0 Å². The summed E-state index contributed by atoms with van der Waals surface area (Å²) in [6.07, 6.45) is 4.75. The minimum absolute atomic E-state index is 0.00965. The molecule has 0 aliphatic heterocycles. The zero-order chi connectivity index (χ0) is 16.7. The minimum atomic E-state index is -0.858.